The third-order valence-corrected chi connectivity index (χ3v) is 3.66. The fraction of sp³-hybridized carbons (Fsp3) is 0.750. The summed E-state index contributed by atoms with van der Waals surface area (Å²) in [6.07, 6.45) is 0. The van der Waals surface area contributed by atoms with E-state index in [1.54, 1.807) is 0 Å². The second-order valence-corrected chi connectivity index (χ2v) is 6.32. The van der Waals surface area contributed by atoms with E-state index in [1.807, 2.05) is 0 Å². The number of hydrogen-bond donors (Lipinski definition) is 0. The summed E-state index contributed by atoms with van der Waals surface area (Å²) in [5.74, 6) is 0. The Bertz CT molecular complexity index is 64.4. The molecule has 0 rings (SSSR count). The Morgan fingerprint density at radius 3 is 2.33 bits per heavy atom. The Labute approximate surface area is 45.7 Å². The van der Waals surface area contributed by atoms with Gasteiger partial charge in [-0.25, -0.2) is 0 Å². The first-order valence-electron chi connectivity index (χ1n) is 1.76. The maximum absolute atomic E-state index is 8.15. The third kappa shape index (κ3) is 2.46. The molecule has 36 valence electrons. The summed E-state index contributed by atoms with van der Waals surface area (Å²) in [4.78, 5) is 2.07. The number of nitrogens with zero attached hydrogens (tertiary/aromatic N) is 1. The van der Waals surface area contributed by atoms with Crippen molar-refractivity contribution < 1.29 is 0 Å². The minimum absolute atomic E-state index is 0.995. The topological polar surface area (TPSA) is 23.8 Å². The van der Waals surface area contributed by atoms with Gasteiger partial charge in [-0.1, -0.05) is 0 Å². The molecular weight excluding hydrogens is 189 g/mol. The second kappa shape index (κ2) is 3.41. The van der Waals surface area contributed by atoms with Gasteiger partial charge in [0, 0.05) is 0 Å². The van der Waals surface area contributed by atoms with E-state index in [-0.39, 0.29) is 0 Å². The first kappa shape index (κ1) is 6.22. The van der Waals surface area contributed by atoms with Crippen LogP contribution in [0, 0.1) is 9.34 Å². The van der Waals surface area contributed by atoms with E-state index in [0.29, 0.717) is 0 Å². The zero-order chi connectivity index (χ0) is 4.99. The molecule has 0 aromatic carbocycles. The third-order valence-electron chi connectivity index (χ3n) is 0.545. The van der Waals surface area contributed by atoms with Crippen molar-refractivity contribution in [3.63, 3.8) is 0 Å². The van der Waals surface area contributed by atoms with E-state index in [9.17, 15) is 0 Å². The molecule has 0 saturated carbocycles. The Hall–Kier alpha value is 0.220. The van der Waals surface area contributed by atoms with Gasteiger partial charge in [-0.2, -0.15) is 0 Å². The molecular formula is C4H8IN. The van der Waals surface area contributed by atoms with E-state index >= 15 is 0 Å². The van der Waals surface area contributed by atoms with Crippen LogP contribution in [0.2, 0.25) is 0 Å². The first-order valence-corrected chi connectivity index (χ1v) is 6.53. The van der Waals surface area contributed by atoms with Crippen LogP contribution in [-0.2, 0) is 0 Å². The van der Waals surface area contributed by atoms with E-state index in [1.165, 1.54) is 0 Å². The maximum atomic E-state index is 8.15. The van der Waals surface area contributed by atoms with Gasteiger partial charge in [0.15, 0.2) is 0 Å². The van der Waals surface area contributed by atoms with Crippen LogP contribution in [0.15, 0.2) is 0 Å². The monoisotopic (exact) mass is 197 g/mol. The van der Waals surface area contributed by atoms with E-state index in [4.69, 9.17) is 5.26 Å². The molecule has 1 nitrogen and oxygen atoms in total. The van der Waals surface area contributed by atoms with Crippen LogP contribution in [0.25, 0.3) is 0 Å². The molecule has 0 radical (unpaired) electrons. The van der Waals surface area contributed by atoms with Gasteiger partial charge in [-0.3, -0.25) is 0 Å². The molecule has 0 fully saturated rings. The normalized spacial score (nSPS) is 9.83. The Morgan fingerprint density at radius 2 is 2.33 bits per heavy atom. The molecule has 0 aromatic rings. The van der Waals surface area contributed by atoms with Crippen LogP contribution in [0.1, 0.15) is 6.92 Å². The Kier molecular flexibility index (Phi) is 3.54. The molecule has 0 saturated heterocycles. The Balaban J connectivity index is 3.04. The molecule has 0 aromatic heterocycles. The molecule has 0 atom stereocenters. The van der Waals surface area contributed by atoms with Gasteiger partial charge in [-0.05, 0) is 0 Å². The molecule has 0 spiro atoms. The van der Waals surface area contributed by atoms with Crippen molar-refractivity contribution in [3.8, 4) is 4.08 Å². The van der Waals surface area contributed by atoms with Gasteiger partial charge >= 0.3 is 45.4 Å². The van der Waals surface area contributed by atoms with Crippen LogP contribution in [0.3, 0.4) is 0 Å². The summed E-state index contributed by atoms with van der Waals surface area (Å²) in [6.45, 7) is 2.08. The minimum atomic E-state index is -0.995. The molecule has 0 bridgehead atoms. The average molecular weight is 197 g/mol. The van der Waals surface area contributed by atoms with E-state index < -0.39 is 19.8 Å². The predicted octanol–water partition coefficient (Wildman–Crippen LogP) is 1.62. The summed E-state index contributed by atoms with van der Waals surface area (Å²) in [7, 11) is 0. The molecule has 0 aliphatic heterocycles. The van der Waals surface area contributed by atoms with Gasteiger partial charge in [-0.15, -0.1) is 0 Å². The van der Waals surface area contributed by atoms with Crippen molar-refractivity contribution in [1.82, 2.24) is 0 Å². The summed E-state index contributed by atoms with van der Waals surface area (Å²) in [5, 5.41) is 8.15. The van der Waals surface area contributed by atoms with Crippen LogP contribution < -0.4 is 0 Å². The summed E-state index contributed by atoms with van der Waals surface area (Å²) >= 11 is -0.995. The van der Waals surface area contributed by atoms with Crippen LogP contribution in [-0.4, -0.2) is 9.36 Å². The van der Waals surface area contributed by atoms with Crippen molar-refractivity contribution in [2.45, 2.75) is 6.92 Å². The molecule has 2 heteroatoms. The molecule has 0 amide bonds. The molecule has 0 N–H and O–H groups in total. The van der Waals surface area contributed by atoms with Gasteiger partial charge in [0.25, 0.3) is 0 Å². The quantitative estimate of drug-likeness (QED) is 0.462. The van der Waals surface area contributed by atoms with Gasteiger partial charge in [0.2, 0.25) is 0 Å². The SMILES string of the molecule is CCI(C)C#N. The van der Waals surface area contributed by atoms with Crippen molar-refractivity contribution in [2.24, 2.45) is 0 Å². The van der Waals surface area contributed by atoms with Gasteiger partial charge in [0.05, 0.1) is 0 Å². The van der Waals surface area contributed by atoms with Crippen molar-refractivity contribution in [3.05, 3.63) is 0 Å². The number of alkyl halides is 2. The van der Waals surface area contributed by atoms with Crippen LogP contribution in [0.5, 0.6) is 0 Å². The van der Waals surface area contributed by atoms with E-state index in [0.717, 1.165) is 4.43 Å². The Morgan fingerprint density at radius 1 is 1.83 bits per heavy atom. The van der Waals surface area contributed by atoms with Crippen molar-refractivity contribution in [2.75, 3.05) is 9.36 Å². The standard InChI is InChI=1S/C4H8IN/c1-3-5(2)4-6/h3H2,1-2H3. The number of rotatable bonds is 1. The summed E-state index contributed by atoms with van der Waals surface area (Å²) in [5.41, 5.74) is 0. The van der Waals surface area contributed by atoms with E-state index in [2.05, 4.69) is 15.9 Å². The predicted molar refractivity (Wildman–Crippen MR) is 36.1 cm³/mol. The molecule has 0 aliphatic rings. The fourth-order valence-corrected chi connectivity index (χ4v) is 0.401. The molecule has 6 heavy (non-hydrogen) atoms. The van der Waals surface area contributed by atoms with Gasteiger partial charge < -0.3 is 0 Å². The molecule has 0 aliphatic carbocycles. The fourth-order valence-electron chi connectivity index (χ4n) is 0.0598. The van der Waals surface area contributed by atoms with Crippen LogP contribution in [0.4, 0.5) is 0 Å². The zero-order valence-corrected chi connectivity index (χ0v) is 6.19. The average Bonchev–Trinajstić information content (AvgIpc) is 1.65. The number of hydrogen-bond acceptors (Lipinski definition) is 1. The van der Waals surface area contributed by atoms with Crippen LogP contribution >= 0.6 is 19.8 Å². The summed E-state index contributed by atoms with van der Waals surface area (Å²) < 4.78 is 3.40. The summed E-state index contributed by atoms with van der Waals surface area (Å²) in [6, 6.07) is 0. The molecule has 0 heterocycles. The first-order chi connectivity index (χ1) is 2.81. The second-order valence-electron chi connectivity index (χ2n) is 0.942. The number of nitriles is 1. The van der Waals surface area contributed by atoms with Crippen molar-refractivity contribution in [1.29, 1.82) is 5.26 Å². The van der Waals surface area contributed by atoms with Gasteiger partial charge in [0.1, 0.15) is 0 Å². The number of halogens is 1. The zero-order valence-electron chi connectivity index (χ0n) is 4.03. The van der Waals surface area contributed by atoms with Crippen molar-refractivity contribution >= 4 is 19.8 Å². The molecule has 0 unspecified atom stereocenters.